The SMILES string of the molecule is Cn1cnc(S(=O)(=O)Nc2nc3ccccc3[nH]2)c1Cl. The fraction of sp³-hybridized carbons (Fsp3) is 0.0909. The summed E-state index contributed by atoms with van der Waals surface area (Å²) in [5, 5.41) is -0.198. The zero-order valence-corrected chi connectivity index (χ0v) is 11.9. The van der Waals surface area contributed by atoms with Gasteiger partial charge in [0.15, 0.2) is 0 Å². The first kappa shape index (κ1) is 12.9. The molecule has 0 aliphatic carbocycles. The van der Waals surface area contributed by atoms with Crippen LogP contribution in [0.25, 0.3) is 11.0 Å². The third-order valence-electron chi connectivity index (χ3n) is 2.71. The lowest BCUT2D eigenvalue weighted by Crippen LogP contribution is -2.15. The molecule has 0 aliphatic heterocycles. The number of nitrogens with one attached hydrogen (secondary N) is 2. The number of aromatic nitrogens is 4. The number of halogens is 1. The maximum atomic E-state index is 12.2. The van der Waals surface area contributed by atoms with Crippen molar-refractivity contribution in [3.63, 3.8) is 0 Å². The Morgan fingerprint density at radius 2 is 2.10 bits per heavy atom. The molecule has 9 heteroatoms. The van der Waals surface area contributed by atoms with E-state index in [2.05, 4.69) is 19.7 Å². The number of rotatable bonds is 3. The largest absolute Gasteiger partial charge is 0.324 e. The van der Waals surface area contributed by atoms with Gasteiger partial charge >= 0.3 is 0 Å². The molecule has 0 radical (unpaired) electrons. The normalized spacial score (nSPS) is 11.9. The maximum Gasteiger partial charge on any atom is 0.284 e. The van der Waals surface area contributed by atoms with E-state index in [1.807, 2.05) is 12.1 Å². The summed E-state index contributed by atoms with van der Waals surface area (Å²) < 4.78 is 28.1. The summed E-state index contributed by atoms with van der Waals surface area (Å²) >= 11 is 5.89. The van der Waals surface area contributed by atoms with Crippen molar-refractivity contribution in [2.24, 2.45) is 7.05 Å². The number of hydrogen-bond donors (Lipinski definition) is 2. The summed E-state index contributed by atoms with van der Waals surface area (Å²) in [5.74, 6) is 0.118. The van der Waals surface area contributed by atoms with Crippen LogP contribution in [0.1, 0.15) is 0 Å². The van der Waals surface area contributed by atoms with Crippen LogP contribution in [0.15, 0.2) is 35.6 Å². The van der Waals surface area contributed by atoms with E-state index in [4.69, 9.17) is 11.6 Å². The lowest BCUT2D eigenvalue weighted by atomic mass is 10.3. The zero-order valence-electron chi connectivity index (χ0n) is 10.3. The van der Waals surface area contributed by atoms with Gasteiger partial charge in [0.2, 0.25) is 11.0 Å². The zero-order chi connectivity index (χ0) is 14.3. The monoisotopic (exact) mass is 311 g/mol. The van der Waals surface area contributed by atoms with Gasteiger partial charge in [0.05, 0.1) is 17.4 Å². The van der Waals surface area contributed by atoms with Crippen molar-refractivity contribution >= 4 is 38.6 Å². The number of nitrogens with zero attached hydrogens (tertiary/aromatic N) is 3. The molecule has 0 fully saturated rings. The topological polar surface area (TPSA) is 92.7 Å². The van der Waals surface area contributed by atoms with Crippen LogP contribution in [0.2, 0.25) is 5.15 Å². The average Bonchev–Trinajstić information content (AvgIpc) is 2.93. The second-order valence-corrected chi connectivity index (χ2v) is 6.12. The van der Waals surface area contributed by atoms with E-state index in [1.165, 1.54) is 10.9 Å². The van der Waals surface area contributed by atoms with Crippen molar-refractivity contribution < 1.29 is 8.42 Å². The first-order valence-electron chi connectivity index (χ1n) is 5.62. The molecular weight excluding hydrogens is 302 g/mol. The minimum absolute atomic E-state index is 0.0358. The average molecular weight is 312 g/mol. The van der Waals surface area contributed by atoms with Crippen molar-refractivity contribution in [1.29, 1.82) is 0 Å². The molecule has 2 N–H and O–H groups in total. The van der Waals surface area contributed by atoms with Crippen molar-refractivity contribution in [2.45, 2.75) is 5.03 Å². The first-order valence-corrected chi connectivity index (χ1v) is 7.48. The number of anilines is 1. The van der Waals surface area contributed by atoms with Gasteiger partial charge in [0, 0.05) is 7.05 Å². The predicted octanol–water partition coefficient (Wildman–Crippen LogP) is 1.75. The highest BCUT2D eigenvalue weighted by Gasteiger charge is 2.23. The number of aryl methyl sites for hydroxylation is 1. The molecule has 0 saturated carbocycles. The highest BCUT2D eigenvalue weighted by atomic mass is 35.5. The van der Waals surface area contributed by atoms with E-state index in [-0.39, 0.29) is 16.1 Å². The Labute approximate surface area is 119 Å². The molecule has 104 valence electrons. The van der Waals surface area contributed by atoms with Gasteiger partial charge in [-0.2, -0.15) is 8.42 Å². The Bertz CT molecular complexity index is 850. The van der Waals surface area contributed by atoms with E-state index >= 15 is 0 Å². The second kappa shape index (κ2) is 4.50. The van der Waals surface area contributed by atoms with Gasteiger partial charge in [-0.05, 0) is 12.1 Å². The van der Waals surface area contributed by atoms with Crippen LogP contribution in [-0.2, 0) is 17.1 Å². The van der Waals surface area contributed by atoms with Gasteiger partial charge in [0.1, 0.15) is 5.15 Å². The Kier molecular flexibility index (Phi) is 2.91. The number of imidazole rings is 2. The third kappa shape index (κ3) is 2.12. The number of para-hydroxylation sites is 2. The molecule has 0 unspecified atom stereocenters. The minimum Gasteiger partial charge on any atom is -0.324 e. The van der Waals surface area contributed by atoms with Crippen molar-refractivity contribution in [1.82, 2.24) is 19.5 Å². The number of H-pyrrole nitrogens is 1. The molecule has 3 rings (SSSR count). The Hall–Kier alpha value is -2.06. The van der Waals surface area contributed by atoms with Gasteiger partial charge in [-0.3, -0.25) is 0 Å². The van der Waals surface area contributed by atoms with Crippen molar-refractivity contribution in [3.05, 3.63) is 35.7 Å². The standard InChI is InChI=1S/C11H10ClN5O2S/c1-17-6-13-10(9(17)12)20(18,19)16-11-14-7-4-2-3-5-8(7)15-11/h2-6H,1H3,(H2,14,15,16). The number of sulfonamides is 1. The summed E-state index contributed by atoms with van der Waals surface area (Å²) in [6.45, 7) is 0. The molecule has 0 amide bonds. The molecule has 7 nitrogen and oxygen atoms in total. The van der Waals surface area contributed by atoms with E-state index in [9.17, 15) is 8.42 Å². The van der Waals surface area contributed by atoms with Gasteiger partial charge in [0.25, 0.3) is 10.0 Å². The summed E-state index contributed by atoms with van der Waals surface area (Å²) in [5.41, 5.74) is 1.40. The fourth-order valence-electron chi connectivity index (χ4n) is 1.75. The molecule has 0 atom stereocenters. The lowest BCUT2D eigenvalue weighted by molar-refractivity contribution is 0.598. The number of benzene rings is 1. The van der Waals surface area contributed by atoms with E-state index in [1.54, 1.807) is 19.2 Å². The van der Waals surface area contributed by atoms with Crippen molar-refractivity contribution in [3.8, 4) is 0 Å². The molecule has 3 aromatic rings. The highest BCUT2D eigenvalue weighted by Crippen LogP contribution is 2.21. The van der Waals surface area contributed by atoms with E-state index in [0.29, 0.717) is 5.52 Å². The van der Waals surface area contributed by atoms with E-state index < -0.39 is 10.0 Å². The molecule has 2 aromatic heterocycles. The fourth-order valence-corrected chi connectivity index (χ4v) is 3.15. The van der Waals surface area contributed by atoms with Crippen LogP contribution in [-0.4, -0.2) is 27.9 Å². The molecule has 0 spiro atoms. The van der Waals surface area contributed by atoms with E-state index in [0.717, 1.165) is 5.52 Å². The number of fused-ring (bicyclic) bond motifs is 1. The Morgan fingerprint density at radius 3 is 2.75 bits per heavy atom. The molecule has 1 aromatic carbocycles. The molecule has 0 saturated heterocycles. The molecule has 0 bridgehead atoms. The molecule has 0 aliphatic rings. The highest BCUT2D eigenvalue weighted by molar-refractivity contribution is 7.92. The Balaban J connectivity index is 1.99. The smallest absolute Gasteiger partial charge is 0.284 e. The Morgan fingerprint density at radius 1 is 1.35 bits per heavy atom. The summed E-state index contributed by atoms with van der Waals surface area (Å²) in [6.07, 6.45) is 1.33. The molecule has 20 heavy (non-hydrogen) atoms. The first-order chi connectivity index (χ1) is 9.47. The van der Waals surface area contributed by atoms with Crippen LogP contribution in [0.4, 0.5) is 5.95 Å². The van der Waals surface area contributed by atoms with Gasteiger partial charge in [-0.1, -0.05) is 23.7 Å². The van der Waals surface area contributed by atoms with Crippen molar-refractivity contribution in [2.75, 3.05) is 4.72 Å². The van der Waals surface area contributed by atoms with Gasteiger partial charge in [-0.15, -0.1) is 0 Å². The number of aromatic amines is 1. The lowest BCUT2D eigenvalue weighted by Gasteiger charge is -2.02. The van der Waals surface area contributed by atoms with Crippen LogP contribution in [0.5, 0.6) is 0 Å². The second-order valence-electron chi connectivity index (χ2n) is 4.16. The van der Waals surface area contributed by atoms with Crippen LogP contribution < -0.4 is 4.72 Å². The van der Waals surface area contributed by atoms with Gasteiger partial charge in [-0.25, -0.2) is 14.7 Å². The number of hydrogen-bond acceptors (Lipinski definition) is 4. The van der Waals surface area contributed by atoms with Crippen LogP contribution in [0.3, 0.4) is 0 Å². The summed E-state index contributed by atoms with van der Waals surface area (Å²) in [6, 6.07) is 7.22. The predicted molar refractivity (Wildman–Crippen MR) is 75.1 cm³/mol. The summed E-state index contributed by atoms with van der Waals surface area (Å²) in [4.78, 5) is 10.8. The third-order valence-corrected chi connectivity index (χ3v) is 4.54. The summed E-state index contributed by atoms with van der Waals surface area (Å²) in [7, 11) is -2.27. The molecular formula is C11H10ClN5O2S. The molecule has 2 heterocycles. The minimum atomic E-state index is -3.88. The van der Waals surface area contributed by atoms with Crippen LogP contribution >= 0.6 is 11.6 Å². The van der Waals surface area contributed by atoms with Gasteiger partial charge < -0.3 is 9.55 Å². The maximum absolute atomic E-state index is 12.2. The van der Waals surface area contributed by atoms with Crippen LogP contribution in [0, 0.1) is 0 Å². The quantitative estimate of drug-likeness (QED) is 0.770.